The molecule has 2 fully saturated rings. The molecule has 0 radical (unpaired) electrons. The summed E-state index contributed by atoms with van der Waals surface area (Å²) >= 11 is 0. The fourth-order valence-corrected chi connectivity index (χ4v) is 2.18. The summed E-state index contributed by atoms with van der Waals surface area (Å²) in [5.74, 6) is 0.00125. The van der Waals surface area contributed by atoms with Crippen molar-refractivity contribution in [2.75, 3.05) is 19.8 Å². The number of carbonyl (C=O) groups excluding carboxylic acids is 1. The molecule has 0 aromatic heterocycles. The summed E-state index contributed by atoms with van der Waals surface area (Å²) in [5.41, 5.74) is -0.435. The second-order valence-corrected chi connectivity index (χ2v) is 3.76. The van der Waals surface area contributed by atoms with Gasteiger partial charge in [-0.05, 0) is 13.0 Å². The minimum Gasteiger partial charge on any atom is -0.353 e. The second-order valence-electron chi connectivity index (χ2n) is 3.76. The van der Waals surface area contributed by atoms with Gasteiger partial charge in [0.25, 0.3) is 0 Å². The zero-order chi connectivity index (χ0) is 8.60. The van der Waals surface area contributed by atoms with Crippen molar-refractivity contribution in [2.45, 2.75) is 18.9 Å². The van der Waals surface area contributed by atoms with E-state index in [9.17, 15) is 9.18 Å². The van der Waals surface area contributed by atoms with E-state index in [1.807, 2.05) is 0 Å². The highest BCUT2D eigenvalue weighted by molar-refractivity contribution is 5.80. The molecule has 0 aromatic carbocycles. The molecule has 3 nitrogen and oxygen atoms in total. The van der Waals surface area contributed by atoms with Crippen LogP contribution in [0.25, 0.3) is 0 Å². The van der Waals surface area contributed by atoms with Crippen molar-refractivity contribution >= 4 is 5.91 Å². The van der Waals surface area contributed by atoms with Crippen LogP contribution in [0.1, 0.15) is 12.8 Å². The van der Waals surface area contributed by atoms with Crippen LogP contribution < -0.4 is 10.6 Å². The van der Waals surface area contributed by atoms with Gasteiger partial charge in [-0.2, -0.15) is 0 Å². The third-order valence-corrected chi connectivity index (χ3v) is 2.94. The van der Waals surface area contributed by atoms with Crippen LogP contribution in [0, 0.1) is 5.41 Å². The van der Waals surface area contributed by atoms with Crippen LogP contribution in [0.4, 0.5) is 4.39 Å². The molecule has 2 unspecified atom stereocenters. The molecular formula is C8H13FN2O. The highest BCUT2D eigenvalue weighted by Gasteiger charge is 2.48. The molecule has 0 saturated carbocycles. The maximum absolute atomic E-state index is 12.8. The minimum atomic E-state index is -0.435. The molecule has 0 bridgehead atoms. The van der Waals surface area contributed by atoms with E-state index in [0.29, 0.717) is 13.0 Å². The molecule has 4 heteroatoms. The predicted molar refractivity (Wildman–Crippen MR) is 42.4 cm³/mol. The summed E-state index contributed by atoms with van der Waals surface area (Å²) in [4.78, 5) is 11.1. The second kappa shape index (κ2) is 2.69. The van der Waals surface area contributed by atoms with E-state index in [4.69, 9.17) is 0 Å². The van der Waals surface area contributed by atoms with E-state index < -0.39 is 12.1 Å². The predicted octanol–water partition coefficient (Wildman–Crippen LogP) is -0.176. The Balaban J connectivity index is 2.19. The molecule has 0 aliphatic carbocycles. The van der Waals surface area contributed by atoms with Crippen LogP contribution in [0.15, 0.2) is 0 Å². The van der Waals surface area contributed by atoms with Gasteiger partial charge in [-0.25, -0.2) is 0 Å². The first-order chi connectivity index (χ1) is 5.77. The summed E-state index contributed by atoms with van der Waals surface area (Å²) in [6, 6.07) is 0.0660. The van der Waals surface area contributed by atoms with Gasteiger partial charge in [-0.3, -0.25) is 9.18 Å². The average Bonchev–Trinajstić information content (AvgIpc) is 2.41. The molecule has 2 aliphatic heterocycles. The normalized spacial score (nSPS) is 40.8. The minimum absolute atomic E-state index is 0.00125. The van der Waals surface area contributed by atoms with E-state index in [0.717, 1.165) is 13.0 Å². The number of rotatable bonds is 1. The Morgan fingerprint density at radius 1 is 1.67 bits per heavy atom. The average molecular weight is 172 g/mol. The quantitative estimate of drug-likeness (QED) is 0.576. The van der Waals surface area contributed by atoms with Gasteiger partial charge in [-0.15, -0.1) is 0 Å². The molecule has 2 atom stereocenters. The van der Waals surface area contributed by atoms with Gasteiger partial charge in [0.2, 0.25) is 5.91 Å². The van der Waals surface area contributed by atoms with Crippen molar-refractivity contribution in [3.63, 3.8) is 0 Å². The largest absolute Gasteiger partial charge is 0.353 e. The molecule has 2 saturated heterocycles. The van der Waals surface area contributed by atoms with E-state index in [1.165, 1.54) is 0 Å². The van der Waals surface area contributed by atoms with E-state index in [-0.39, 0.29) is 11.9 Å². The topological polar surface area (TPSA) is 41.1 Å². The number of alkyl halides is 1. The SMILES string of the molecule is O=C1CC2(CF)CNCCC2N1. The third-order valence-electron chi connectivity index (χ3n) is 2.94. The number of carbonyl (C=O) groups is 1. The lowest BCUT2D eigenvalue weighted by atomic mass is 9.78. The number of fused-ring (bicyclic) bond motifs is 1. The van der Waals surface area contributed by atoms with Crippen LogP contribution >= 0.6 is 0 Å². The standard InChI is InChI=1S/C8H13FN2O/c9-4-8-3-7(12)11-6(8)1-2-10-5-8/h6,10H,1-5H2,(H,11,12). The first-order valence-corrected chi connectivity index (χ1v) is 4.33. The summed E-state index contributed by atoms with van der Waals surface area (Å²) in [7, 11) is 0. The van der Waals surface area contributed by atoms with Gasteiger partial charge >= 0.3 is 0 Å². The smallest absolute Gasteiger partial charge is 0.221 e. The Bertz CT molecular complexity index is 209. The van der Waals surface area contributed by atoms with Crippen molar-refractivity contribution in [3.05, 3.63) is 0 Å². The molecule has 12 heavy (non-hydrogen) atoms. The first-order valence-electron chi connectivity index (χ1n) is 4.33. The molecule has 1 amide bonds. The first kappa shape index (κ1) is 7.98. The Labute approximate surface area is 70.7 Å². The van der Waals surface area contributed by atoms with Gasteiger partial charge in [0.05, 0.1) is 6.67 Å². The van der Waals surface area contributed by atoms with Crippen LogP contribution in [0.2, 0.25) is 0 Å². The zero-order valence-corrected chi connectivity index (χ0v) is 6.90. The lowest BCUT2D eigenvalue weighted by Crippen LogP contribution is -2.51. The van der Waals surface area contributed by atoms with E-state index in [1.54, 1.807) is 0 Å². The summed E-state index contributed by atoms with van der Waals surface area (Å²) in [6.07, 6.45) is 1.21. The monoisotopic (exact) mass is 172 g/mol. The van der Waals surface area contributed by atoms with Crippen LogP contribution in [0.3, 0.4) is 0 Å². The lowest BCUT2D eigenvalue weighted by Gasteiger charge is -2.35. The molecule has 2 N–H and O–H groups in total. The molecule has 2 heterocycles. The lowest BCUT2D eigenvalue weighted by molar-refractivity contribution is -0.119. The van der Waals surface area contributed by atoms with Crippen molar-refractivity contribution in [1.82, 2.24) is 10.6 Å². The van der Waals surface area contributed by atoms with Crippen LogP contribution in [-0.4, -0.2) is 31.7 Å². The molecule has 68 valence electrons. The van der Waals surface area contributed by atoms with Gasteiger partial charge in [-0.1, -0.05) is 0 Å². The van der Waals surface area contributed by atoms with Crippen molar-refractivity contribution in [3.8, 4) is 0 Å². The molecule has 0 spiro atoms. The van der Waals surface area contributed by atoms with Gasteiger partial charge in [0.1, 0.15) is 0 Å². The zero-order valence-electron chi connectivity index (χ0n) is 6.90. The Kier molecular flexibility index (Phi) is 1.79. The maximum atomic E-state index is 12.8. The fourth-order valence-electron chi connectivity index (χ4n) is 2.18. The number of hydrogen-bond acceptors (Lipinski definition) is 2. The molecule has 2 aliphatic rings. The Hall–Kier alpha value is -0.640. The number of nitrogens with one attached hydrogen (secondary N) is 2. The van der Waals surface area contributed by atoms with Crippen molar-refractivity contribution in [2.24, 2.45) is 5.41 Å². The maximum Gasteiger partial charge on any atom is 0.221 e. The van der Waals surface area contributed by atoms with Gasteiger partial charge < -0.3 is 10.6 Å². The van der Waals surface area contributed by atoms with Crippen molar-refractivity contribution in [1.29, 1.82) is 0 Å². The summed E-state index contributed by atoms with van der Waals surface area (Å²) < 4.78 is 12.8. The summed E-state index contributed by atoms with van der Waals surface area (Å²) in [5, 5.41) is 5.96. The fraction of sp³-hybridized carbons (Fsp3) is 0.875. The summed E-state index contributed by atoms with van der Waals surface area (Å²) in [6.45, 7) is 1.11. The van der Waals surface area contributed by atoms with Crippen LogP contribution in [-0.2, 0) is 4.79 Å². The number of hydrogen-bond donors (Lipinski definition) is 2. The number of amides is 1. The highest BCUT2D eigenvalue weighted by atomic mass is 19.1. The van der Waals surface area contributed by atoms with E-state index in [2.05, 4.69) is 10.6 Å². The van der Waals surface area contributed by atoms with Gasteiger partial charge in [0.15, 0.2) is 0 Å². The highest BCUT2D eigenvalue weighted by Crippen LogP contribution is 2.35. The molecule has 2 rings (SSSR count). The van der Waals surface area contributed by atoms with Crippen LogP contribution in [0.5, 0.6) is 0 Å². The molecule has 0 aromatic rings. The Morgan fingerprint density at radius 2 is 2.50 bits per heavy atom. The van der Waals surface area contributed by atoms with E-state index >= 15 is 0 Å². The third kappa shape index (κ3) is 1.02. The number of halogens is 1. The van der Waals surface area contributed by atoms with Gasteiger partial charge in [0, 0.05) is 24.4 Å². The Morgan fingerprint density at radius 3 is 3.17 bits per heavy atom. The number of piperidine rings is 1. The van der Waals surface area contributed by atoms with Crippen molar-refractivity contribution < 1.29 is 9.18 Å². The molecular weight excluding hydrogens is 159 g/mol.